The Hall–Kier alpha value is -5.04. The van der Waals surface area contributed by atoms with Gasteiger partial charge in [0.15, 0.2) is 0 Å². The van der Waals surface area contributed by atoms with E-state index in [1.165, 1.54) is 22.5 Å². The lowest BCUT2D eigenvalue weighted by molar-refractivity contribution is 0.0226. The van der Waals surface area contributed by atoms with Gasteiger partial charge in [-0.2, -0.15) is 0 Å². The number of hydrogen-bond acceptors (Lipinski definition) is 8. The molecule has 0 aliphatic carbocycles. The lowest BCUT2D eigenvalue weighted by Gasteiger charge is -2.30. The maximum atomic E-state index is 14.1. The first-order valence-electron chi connectivity index (χ1n) is 19.0. The van der Waals surface area contributed by atoms with Gasteiger partial charge in [0.2, 0.25) is 0 Å². The predicted molar refractivity (Wildman–Crippen MR) is 216 cm³/mol. The number of ether oxygens (including phenoxy) is 2. The number of rotatable bonds is 12. The van der Waals surface area contributed by atoms with Crippen LogP contribution in [0.5, 0.6) is 0 Å². The number of thiophene rings is 1. The zero-order chi connectivity index (χ0) is 39.0. The Labute approximate surface area is 327 Å². The van der Waals surface area contributed by atoms with Gasteiger partial charge in [0.25, 0.3) is 17.7 Å². The van der Waals surface area contributed by atoms with Crippen LogP contribution in [0.3, 0.4) is 0 Å². The van der Waals surface area contributed by atoms with Gasteiger partial charge >= 0.3 is 6.09 Å². The normalized spacial score (nSPS) is 14.5. The molecule has 11 nitrogen and oxygen atoms in total. The quantitative estimate of drug-likeness (QED) is 0.158. The molecule has 4 amide bonds. The zero-order valence-corrected chi connectivity index (χ0v) is 33.0. The largest absolute Gasteiger partial charge is 0.444 e. The van der Waals surface area contributed by atoms with Crippen LogP contribution in [0.4, 0.5) is 15.5 Å². The topological polar surface area (TPSA) is 121 Å². The van der Waals surface area contributed by atoms with Crippen molar-refractivity contribution in [2.75, 3.05) is 63.6 Å². The van der Waals surface area contributed by atoms with Crippen LogP contribution in [0.2, 0.25) is 0 Å². The summed E-state index contributed by atoms with van der Waals surface area (Å²) in [6.07, 6.45) is 2.93. The molecule has 2 N–H and O–H groups in total. The van der Waals surface area contributed by atoms with Gasteiger partial charge in [-0.3, -0.25) is 19.3 Å². The molecule has 1 fully saturated rings. The van der Waals surface area contributed by atoms with E-state index in [0.29, 0.717) is 60.1 Å². The minimum Gasteiger partial charge on any atom is -0.444 e. The minimum absolute atomic E-state index is 0.181. The van der Waals surface area contributed by atoms with E-state index in [9.17, 15) is 19.2 Å². The first kappa shape index (κ1) is 39.6. The average molecular weight is 766 g/mol. The second-order valence-corrected chi connectivity index (χ2v) is 16.2. The van der Waals surface area contributed by atoms with Crippen molar-refractivity contribution in [3.8, 4) is 0 Å². The molecule has 0 bridgehead atoms. The number of fused-ring (bicyclic) bond motifs is 1. The number of anilines is 2. The molecule has 0 saturated carbocycles. The summed E-state index contributed by atoms with van der Waals surface area (Å²) < 4.78 is 11.1. The van der Waals surface area contributed by atoms with Crippen molar-refractivity contribution in [3.05, 3.63) is 117 Å². The molecule has 55 heavy (non-hydrogen) atoms. The Morgan fingerprint density at radius 3 is 2.24 bits per heavy atom. The van der Waals surface area contributed by atoms with Gasteiger partial charge in [0, 0.05) is 61.5 Å². The summed E-state index contributed by atoms with van der Waals surface area (Å²) in [5.74, 6) is -0.970. The number of hydrogen-bond donors (Lipinski definition) is 2. The van der Waals surface area contributed by atoms with Gasteiger partial charge in [-0.05, 0) is 93.5 Å². The summed E-state index contributed by atoms with van der Waals surface area (Å²) in [5.41, 5.74) is 4.35. The molecule has 3 heterocycles. The molecular formula is C43H51N5O6S. The van der Waals surface area contributed by atoms with Gasteiger partial charge < -0.3 is 29.9 Å². The van der Waals surface area contributed by atoms with Gasteiger partial charge in [-0.15, -0.1) is 11.3 Å². The molecule has 2 aliphatic rings. The minimum atomic E-state index is -0.651. The van der Waals surface area contributed by atoms with Gasteiger partial charge in [0.1, 0.15) is 10.6 Å². The number of nitrogens with zero attached hydrogens (tertiary/aromatic N) is 3. The van der Waals surface area contributed by atoms with E-state index in [0.717, 1.165) is 49.3 Å². The molecular weight excluding hydrogens is 715 g/mol. The van der Waals surface area contributed by atoms with Crippen LogP contribution in [0.15, 0.2) is 78.9 Å². The lowest BCUT2D eigenvalue weighted by atomic mass is 10.0. The van der Waals surface area contributed by atoms with Crippen LogP contribution >= 0.6 is 11.3 Å². The summed E-state index contributed by atoms with van der Waals surface area (Å²) in [4.78, 5) is 60.6. The van der Waals surface area contributed by atoms with Crippen LogP contribution in [-0.4, -0.2) is 97.1 Å². The van der Waals surface area contributed by atoms with E-state index in [-0.39, 0.29) is 18.4 Å². The summed E-state index contributed by atoms with van der Waals surface area (Å²) in [7, 11) is 1.76. The predicted octanol–water partition coefficient (Wildman–Crippen LogP) is 7.13. The number of aryl methyl sites for hydroxylation is 2. The van der Waals surface area contributed by atoms with Crippen LogP contribution in [0.1, 0.15) is 79.8 Å². The van der Waals surface area contributed by atoms with Gasteiger partial charge in [-0.1, -0.05) is 48.5 Å². The monoisotopic (exact) mass is 765 g/mol. The maximum absolute atomic E-state index is 14.1. The molecule has 3 aromatic carbocycles. The van der Waals surface area contributed by atoms with Gasteiger partial charge in [0.05, 0.1) is 25.3 Å². The van der Waals surface area contributed by atoms with E-state index in [1.54, 1.807) is 41.1 Å². The Balaban J connectivity index is 1.17. The van der Waals surface area contributed by atoms with Crippen molar-refractivity contribution in [2.24, 2.45) is 0 Å². The van der Waals surface area contributed by atoms with Crippen molar-refractivity contribution in [1.82, 2.24) is 14.7 Å². The highest BCUT2D eigenvalue weighted by molar-refractivity contribution is 7.17. The summed E-state index contributed by atoms with van der Waals surface area (Å²) in [6.45, 7) is 10.4. The van der Waals surface area contributed by atoms with E-state index >= 15 is 0 Å². The van der Waals surface area contributed by atoms with Crippen LogP contribution in [-0.2, 0) is 35.3 Å². The highest BCUT2D eigenvalue weighted by Crippen LogP contribution is 2.38. The second-order valence-electron chi connectivity index (χ2n) is 15.1. The third-order valence-corrected chi connectivity index (χ3v) is 10.9. The number of carbonyl (C=O) groups excluding carboxylic acids is 4. The molecule has 0 unspecified atom stereocenters. The van der Waals surface area contributed by atoms with Crippen LogP contribution < -0.4 is 10.6 Å². The second kappa shape index (κ2) is 18.1. The van der Waals surface area contributed by atoms with Crippen molar-refractivity contribution < 1.29 is 28.7 Å². The third kappa shape index (κ3) is 10.8. The molecule has 0 radical (unpaired) electrons. The molecule has 0 spiro atoms. The van der Waals surface area contributed by atoms with Crippen LogP contribution in [0, 0.1) is 0 Å². The summed E-state index contributed by atoms with van der Waals surface area (Å²) in [6, 6.07) is 24.9. The standard InChI is InChI=1S/C43H51N5O6S/c1-43(2,3)54-42(52)48-21-20-35-36(29-48)55-40(37(35)39(50)44-34-18-16-31(17-19-34)13-8-12-30-10-6-5-7-11-30)45-38(49)32-14-9-15-33(28-32)41(51)46(4)22-23-47-24-26-53-27-25-47/h5-7,9-11,14-19,28H,8,12-13,20-27,29H2,1-4H3,(H,44,50)(H,45,49). The van der Waals surface area contributed by atoms with E-state index in [2.05, 4.69) is 39.8 Å². The summed E-state index contributed by atoms with van der Waals surface area (Å²) >= 11 is 1.28. The molecule has 6 rings (SSSR count). The fraction of sp³-hybridized carbons (Fsp3) is 0.395. The first-order valence-corrected chi connectivity index (χ1v) is 19.8. The first-order chi connectivity index (χ1) is 26.4. The summed E-state index contributed by atoms with van der Waals surface area (Å²) in [5, 5.41) is 6.41. The zero-order valence-electron chi connectivity index (χ0n) is 32.2. The van der Waals surface area contributed by atoms with Crippen LogP contribution in [0.25, 0.3) is 0 Å². The Bertz CT molecular complexity index is 1970. The highest BCUT2D eigenvalue weighted by atomic mass is 32.1. The highest BCUT2D eigenvalue weighted by Gasteiger charge is 2.32. The molecule has 1 aromatic heterocycles. The van der Waals surface area contributed by atoms with E-state index in [1.807, 2.05) is 51.1 Å². The molecule has 290 valence electrons. The third-order valence-electron chi connectivity index (χ3n) is 9.72. The molecule has 1 saturated heterocycles. The molecule has 12 heteroatoms. The SMILES string of the molecule is CN(CCN1CCOCC1)C(=O)c1cccc(C(=O)Nc2sc3c(c2C(=O)Nc2ccc(CCCc4ccccc4)cc2)CCN(C(=O)OC(C)(C)C)C3)c1. The van der Waals surface area contributed by atoms with E-state index in [4.69, 9.17) is 9.47 Å². The number of morpholine rings is 1. The smallest absolute Gasteiger partial charge is 0.410 e. The van der Waals surface area contributed by atoms with Crippen molar-refractivity contribution in [2.45, 2.75) is 58.6 Å². The fourth-order valence-electron chi connectivity index (χ4n) is 6.71. The number of nitrogens with one attached hydrogen (secondary N) is 2. The van der Waals surface area contributed by atoms with Crippen molar-refractivity contribution in [1.29, 1.82) is 0 Å². The maximum Gasteiger partial charge on any atom is 0.410 e. The number of likely N-dealkylation sites (N-methyl/N-ethyl adjacent to an activating group) is 1. The average Bonchev–Trinajstić information content (AvgIpc) is 3.54. The fourth-order valence-corrected chi connectivity index (χ4v) is 7.97. The van der Waals surface area contributed by atoms with Crippen molar-refractivity contribution in [3.63, 3.8) is 0 Å². The molecule has 4 aromatic rings. The Morgan fingerprint density at radius 1 is 0.836 bits per heavy atom. The number of benzene rings is 3. The molecule has 2 aliphatic heterocycles. The Morgan fingerprint density at radius 2 is 1.53 bits per heavy atom. The number of amides is 4. The lowest BCUT2D eigenvalue weighted by Crippen LogP contribution is -2.41. The van der Waals surface area contributed by atoms with E-state index < -0.39 is 17.6 Å². The molecule has 0 atom stereocenters. The number of carbonyl (C=O) groups is 4. The Kier molecular flexibility index (Phi) is 13.0. The van der Waals surface area contributed by atoms with Gasteiger partial charge in [-0.25, -0.2) is 4.79 Å². The van der Waals surface area contributed by atoms with Crippen molar-refractivity contribution >= 4 is 45.8 Å².